The maximum Gasteiger partial charge on any atom is 0.260 e. The number of nitrogens with zero attached hydrogens (tertiary/aromatic N) is 6. The number of rotatable bonds is 12. The molecule has 10 heteroatoms. The van der Waals surface area contributed by atoms with Gasteiger partial charge in [0.25, 0.3) is 5.91 Å². The Morgan fingerprint density at radius 3 is 2.49 bits per heavy atom. The molecule has 6 rings (SSSR count). The fraction of sp³-hybridized carbons (Fsp3) is 0.415. The highest BCUT2D eigenvalue weighted by Gasteiger charge is 2.34. The van der Waals surface area contributed by atoms with E-state index in [0.717, 1.165) is 66.9 Å². The lowest BCUT2D eigenvalue weighted by Gasteiger charge is -2.43. The van der Waals surface area contributed by atoms with Crippen molar-refractivity contribution in [2.75, 3.05) is 70.9 Å². The first-order valence-electron chi connectivity index (χ1n) is 17.9. The molecule has 2 fully saturated rings. The summed E-state index contributed by atoms with van der Waals surface area (Å²) < 4.78 is 12.3. The molecule has 3 heterocycles. The van der Waals surface area contributed by atoms with E-state index < -0.39 is 0 Å². The van der Waals surface area contributed by atoms with Crippen molar-refractivity contribution in [3.8, 4) is 23.8 Å². The lowest BCUT2D eigenvalue weighted by Crippen LogP contribution is -2.57. The molecule has 0 saturated carbocycles. The molecule has 0 bridgehead atoms. The second kappa shape index (κ2) is 16.8. The number of fused-ring (bicyclic) bond motifs is 1. The highest BCUT2D eigenvalue weighted by atomic mass is 35.5. The molecule has 1 unspecified atom stereocenters. The number of piperazine rings is 2. The molecule has 0 spiro atoms. The van der Waals surface area contributed by atoms with E-state index in [0.29, 0.717) is 49.8 Å². The molecule has 0 aliphatic carbocycles. The number of hydrogen-bond donors (Lipinski definition) is 0. The molecule has 1 atom stereocenters. The molecular weight excluding hydrogens is 660 g/mol. The molecule has 0 aromatic heterocycles. The maximum atomic E-state index is 13.5. The number of benzene rings is 3. The van der Waals surface area contributed by atoms with Crippen LogP contribution >= 0.6 is 11.6 Å². The van der Waals surface area contributed by atoms with Gasteiger partial charge in [0.1, 0.15) is 17.3 Å². The van der Waals surface area contributed by atoms with Gasteiger partial charge in [-0.1, -0.05) is 42.4 Å². The van der Waals surface area contributed by atoms with Gasteiger partial charge in [0.2, 0.25) is 0 Å². The van der Waals surface area contributed by atoms with Crippen molar-refractivity contribution in [2.24, 2.45) is 4.99 Å². The molecule has 268 valence electrons. The summed E-state index contributed by atoms with van der Waals surface area (Å²) in [5.41, 5.74) is 4.90. The summed E-state index contributed by atoms with van der Waals surface area (Å²) in [6.45, 7) is 16.2. The Hall–Kier alpha value is -4.33. The standard InChI is InChI=1S/C41H49ClN6O3/c1-6-7-10-34-27-46(23-24-47(34)41(49)29-50-35-16-14-33(42)15-17-35)28-40-43-37-12-9-8-11-36(37)31(4)48(40)38-25-32(13-18-39(38)51-30(2)3)26-45-21-19-44(5)20-22-45/h1,8-9,11-18,25,30,34H,4,7,10,19-24,26-29H2,2-3,5H3. The normalized spacial score (nSPS) is 18.7. The third-order valence-corrected chi connectivity index (χ3v) is 9.92. The number of amidine groups is 1. The molecule has 3 aromatic carbocycles. The lowest BCUT2D eigenvalue weighted by atomic mass is 10.0. The molecule has 3 aliphatic heterocycles. The van der Waals surface area contributed by atoms with E-state index in [1.54, 1.807) is 24.3 Å². The summed E-state index contributed by atoms with van der Waals surface area (Å²) in [6, 6.07) is 21.7. The van der Waals surface area contributed by atoms with Crippen molar-refractivity contribution in [3.63, 3.8) is 0 Å². The number of carbonyl (C=O) groups excluding carboxylic acids is 1. The van der Waals surface area contributed by atoms with E-state index in [1.807, 2.05) is 23.1 Å². The topological polar surface area (TPSA) is 64.1 Å². The van der Waals surface area contributed by atoms with Crippen LogP contribution in [0.3, 0.4) is 0 Å². The van der Waals surface area contributed by atoms with Crippen molar-refractivity contribution in [1.82, 2.24) is 19.6 Å². The monoisotopic (exact) mass is 708 g/mol. The number of terminal acetylenes is 1. The largest absolute Gasteiger partial charge is 0.489 e. The fourth-order valence-corrected chi connectivity index (χ4v) is 7.10. The van der Waals surface area contributed by atoms with Gasteiger partial charge in [-0.2, -0.15) is 0 Å². The molecule has 9 nitrogen and oxygen atoms in total. The molecule has 2 saturated heterocycles. The van der Waals surface area contributed by atoms with Crippen LogP contribution in [0.1, 0.15) is 37.8 Å². The van der Waals surface area contributed by atoms with Crippen molar-refractivity contribution in [2.45, 2.75) is 45.4 Å². The summed E-state index contributed by atoms with van der Waals surface area (Å²) in [4.78, 5) is 30.1. The second-order valence-corrected chi connectivity index (χ2v) is 14.3. The Kier molecular flexibility index (Phi) is 12.0. The average molecular weight is 709 g/mol. The van der Waals surface area contributed by atoms with E-state index >= 15 is 0 Å². The first kappa shape index (κ1) is 36.5. The van der Waals surface area contributed by atoms with Crippen LogP contribution in [0, 0.1) is 12.3 Å². The Bertz CT molecular complexity index is 1760. The van der Waals surface area contributed by atoms with Crippen LogP contribution in [0.2, 0.25) is 5.02 Å². The zero-order valence-corrected chi connectivity index (χ0v) is 30.8. The predicted molar refractivity (Wildman–Crippen MR) is 207 cm³/mol. The summed E-state index contributed by atoms with van der Waals surface area (Å²) in [6.07, 6.45) is 6.98. The second-order valence-electron chi connectivity index (χ2n) is 13.8. The SMILES string of the molecule is C#CCCC1CN(CC2=Nc3ccccc3C(=C)N2c2cc(CN3CCN(C)CC3)ccc2OC(C)C)CCN1C(=O)COc1ccc(Cl)cc1. The zero-order valence-electron chi connectivity index (χ0n) is 30.1. The van der Waals surface area contributed by atoms with E-state index in [9.17, 15) is 4.79 Å². The molecule has 1 amide bonds. The molecule has 3 aliphatic rings. The number of para-hydroxylation sites is 1. The van der Waals surface area contributed by atoms with E-state index in [2.05, 4.69) is 77.3 Å². The third-order valence-electron chi connectivity index (χ3n) is 9.67. The van der Waals surface area contributed by atoms with Crippen LogP contribution < -0.4 is 14.4 Å². The Morgan fingerprint density at radius 1 is 1.00 bits per heavy atom. The summed E-state index contributed by atoms with van der Waals surface area (Å²) in [7, 11) is 2.18. The van der Waals surface area contributed by atoms with Crippen LogP contribution in [-0.4, -0.2) is 110 Å². The summed E-state index contributed by atoms with van der Waals surface area (Å²) in [5, 5.41) is 0.620. The van der Waals surface area contributed by atoms with Crippen LogP contribution in [0.4, 0.5) is 11.4 Å². The van der Waals surface area contributed by atoms with Gasteiger partial charge in [0, 0.05) is 81.1 Å². The van der Waals surface area contributed by atoms with Crippen LogP contribution in [0.15, 0.2) is 78.3 Å². The van der Waals surface area contributed by atoms with Gasteiger partial charge >= 0.3 is 0 Å². The average Bonchev–Trinajstić information content (AvgIpc) is 3.12. The summed E-state index contributed by atoms with van der Waals surface area (Å²) in [5.74, 6) is 4.99. The third kappa shape index (κ3) is 9.13. The fourth-order valence-electron chi connectivity index (χ4n) is 6.97. The van der Waals surface area contributed by atoms with Gasteiger partial charge in [-0.15, -0.1) is 12.3 Å². The van der Waals surface area contributed by atoms with Crippen LogP contribution in [-0.2, 0) is 11.3 Å². The number of aliphatic imine (C=N–C) groups is 1. The molecular formula is C41H49ClN6O3. The number of carbonyl (C=O) groups is 1. The molecule has 51 heavy (non-hydrogen) atoms. The Morgan fingerprint density at radius 2 is 1.75 bits per heavy atom. The minimum absolute atomic E-state index is 0.0100. The minimum Gasteiger partial charge on any atom is -0.489 e. The quantitative estimate of drug-likeness (QED) is 0.202. The molecule has 3 aromatic rings. The Balaban J connectivity index is 1.25. The van der Waals surface area contributed by atoms with Gasteiger partial charge in [0.05, 0.1) is 24.0 Å². The highest BCUT2D eigenvalue weighted by Crippen LogP contribution is 2.41. The van der Waals surface area contributed by atoms with E-state index in [-0.39, 0.29) is 24.7 Å². The van der Waals surface area contributed by atoms with E-state index in [4.69, 9.17) is 32.5 Å². The van der Waals surface area contributed by atoms with Gasteiger partial charge in [-0.25, -0.2) is 4.99 Å². The van der Waals surface area contributed by atoms with E-state index in [1.165, 1.54) is 5.56 Å². The van der Waals surface area contributed by atoms with Crippen molar-refractivity contribution in [3.05, 3.63) is 89.5 Å². The van der Waals surface area contributed by atoms with Gasteiger partial charge < -0.3 is 19.3 Å². The highest BCUT2D eigenvalue weighted by molar-refractivity contribution is 6.30. The van der Waals surface area contributed by atoms with Crippen molar-refractivity contribution >= 4 is 40.4 Å². The molecule has 0 radical (unpaired) electrons. The van der Waals surface area contributed by atoms with Gasteiger partial charge in [-0.05, 0) is 75.3 Å². The maximum absolute atomic E-state index is 13.5. The predicted octanol–water partition coefficient (Wildman–Crippen LogP) is 6.40. The lowest BCUT2D eigenvalue weighted by molar-refractivity contribution is -0.138. The number of ether oxygens (including phenoxy) is 2. The van der Waals surface area contributed by atoms with Crippen molar-refractivity contribution in [1.29, 1.82) is 0 Å². The number of anilines is 1. The number of amides is 1. The number of likely N-dealkylation sites (N-methyl/N-ethyl adjacent to an activating group) is 1. The minimum atomic E-state index is -0.0593. The number of hydrogen-bond acceptors (Lipinski definition) is 8. The Labute approximate surface area is 308 Å². The summed E-state index contributed by atoms with van der Waals surface area (Å²) >= 11 is 6.02. The van der Waals surface area contributed by atoms with Gasteiger partial charge in [0.15, 0.2) is 6.61 Å². The zero-order chi connectivity index (χ0) is 35.9. The van der Waals surface area contributed by atoms with Crippen LogP contribution in [0.5, 0.6) is 11.5 Å². The first-order chi connectivity index (χ1) is 24.7. The smallest absolute Gasteiger partial charge is 0.260 e. The van der Waals surface area contributed by atoms with Crippen molar-refractivity contribution < 1.29 is 14.3 Å². The molecule has 0 N–H and O–H groups in total. The first-order valence-corrected chi connectivity index (χ1v) is 18.3. The van der Waals surface area contributed by atoms with Gasteiger partial charge in [-0.3, -0.25) is 19.5 Å². The number of halogens is 1. The van der Waals surface area contributed by atoms with Crippen LogP contribution in [0.25, 0.3) is 5.70 Å².